The Morgan fingerprint density at radius 1 is 1.00 bits per heavy atom. The van der Waals surface area contributed by atoms with Gasteiger partial charge in [-0.05, 0) is 42.5 Å². The van der Waals surface area contributed by atoms with Crippen molar-refractivity contribution in [2.75, 3.05) is 36.4 Å². The number of phenolic OH excluding ortho intramolecular Hbond substituents is 1. The minimum Gasteiger partial charge on any atom is -0.508 e. The van der Waals surface area contributed by atoms with Gasteiger partial charge in [0.25, 0.3) is 5.91 Å². The van der Waals surface area contributed by atoms with Crippen molar-refractivity contribution in [2.45, 2.75) is 6.92 Å². The van der Waals surface area contributed by atoms with E-state index in [9.17, 15) is 14.7 Å². The first-order valence-corrected chi connectivity index (χ1v) is 8.24. The highest BCUT2D eigenvalue weighted by molar-refractivity contribution is 5.97. The number of nitrogens with zero attached hydrogens (tertiary/aromatic N) is 2. The van der Waals surface area contributed by atoms with Crippen LogP contribution in [0.25, 0.3) is 0 Å². The van der Waals surface area contributed by atoms with E-state index in [0.717, 1.165) is 18.8 Å². The summed E-state index contributed by atoms with van der Waals surface area (Å²) in [7, 11) is 0. The summed E-state index contributed by atoms with van der Waals surface area (Å²) in [6.45, 7) is 4.18. The standard InChI is InChI=1S/C19H21N3O3/c1-14(23)20-16-4-2-3-15(13-16)19(25)22-11-9-21(10-12-22)17-5-7-18(24)8-6-17/h2-8,13,24H,9-12H2,1H3,(H,20,23). The maximum absolute atomic E-state index is 12.7. The first-order chi connectivity index (χ1) is 12.0. The van der Waals surface area contributed by atoms with Gasteiger partial charge in [0, 0.05) is 50.0 Å². The van der Waals surface area contributed by atoms with Gasteiger partial charge in [0.1, 0.15) is 5.75 Å². The maximum Gasteiger partial charge on any atom is 0.254 e. The summed E-state index contributed by atoms with van der Waals surface area (Å²) in [5.41, 5.74) is 2.24. The van der Waals surface area contributed by atoms with E-state index in [0.29, 0.717) is 24.3 Å². The van der Waals surface area contributed by atoms with Gasteiger partial charge in [-0.1, -0.05) is 6.07 Å². The summed E-state index contributed by atoms with van der Waals surface area (Å²) >= 11 is 0. The quantitative estimate of drug-likeness (QED) is 0.900. The Morgan fingerprint density at radius 2 is 1.68 bits per heavy atom. The molecule has 3 rings (SSSR count). The summed E-state index contributed by atoms with van der Waals surface area (Å²) in [5, 5.41) is 12.1. The first-order valence-electron chi connectivity index (χ1n) is 8.24. The van der Waals surface area contributed by atoms with Gasteiger partial charge in [-0.25, -0.2) is 0 Å². The van der Waals surface area contributed by atoms with E-state index < -0.39 is 0 Å². The van der Waals surface area contributed by atoms with Crippen molar-refractivity contribution in [3.8, 4) is 5.75 Å². The fraction of sp³-hybridized carbons (Fsp3) is 0.263. The topological polar surface area (TPSA) is 72.9 Å². The smallest absolute Gasteiger partial charge is 0.254 e. The summed E-state index contributed by atoms with van der Waals surface area (Å²) in [6, 6.07) is 14.1. The molecule has 0 atom stereocenters. The number of nitrogens with one attached hydrogen (secondary N) is 1. The first kappa shape index (κ1) is 16.8. The monoisotopic (exact) mass is 339 g/mol. The molecule has 25 heavy (non-hydrogen) atoms. The lowest BCUT2D eigenvalue weighted by Gasteiger charge is -2.36. The normalized spacial score (nSPS) is 14.3. The number of carbonyl (C=O) groups is 2. The van der Waals surface area contributed by atoms with Gasteiger partial charge >= 0.3 is 0 Å². The molecule has 1 fully saturated rings. The zero-order chi connectivity index (χ0) is 17.8. The van der Waals surface area contributed by atoms with Gasteiger partial charge in [-0.2, -0.15) is 0 Å². The lowest BCUT2D eigenvalue weighted by molar-refractivity contribution is -0.114. The fourth-order valence-electron chi connectivity index (χ4n) is 2.95. The van der Waals surface area contributed by atoms with Gasteiger partial charge < -0.3 is 20.2 Å². The molecular weight excluding hydrogens is 318 g/mol. The Morgan fingerprint density at radius 3 is 2.32 bits per heavy atom. The molecule has 130 valence electrons. The molecule has 2 aromatic rings. The van der Waals surface area contributed by atoms with Crippen LogP contribution in [0.2, 0.25) is 0 Å². The molecule has 0 bridgehead atoms. The molecule has 1 aliphatic heterocycles. The third-order valence-corrected chi connectivity index (χ3v) is 4.21. The fourth-order valence-corrected chi connectivity index (χ4v) is 2.95. The van der Waals surface area contributed by atoms with Crippen LogP contribution in [0, 0.1) is 0 Å². The highest BCUT2D eigenvalue weighted by atomic mass is 16.3. The van der Waals surface area contributed by atoms with Crippen LogP contribution in [-0.4, -0.2) is 48.0 Å². The third kappa shape index (κ3) is 4.09. The molecule has 2 aromatic carbocycles. The number of phenols is 1. The lowest BCUT2D eigenvalue weighted by atomic mass is 10.1. The Balaban J connectivity index is 1.63. The van der Waals surface area contributed by atoms with E-state index in [1.807, 2.05) is 17.0 Å². The maximum atomic E-state index is 12.7. The second kappa shape index (κ2) is 7.25. The predicted molar refractivity (Wildman–Crippen MR) is 97.0 cm³/mol. The average molecular weight is 339 g/mol. The van der Waals surface area contributed by atoms with Crippen LogP contribution in [0.1, 0.15) is 17.3 Å². The van der Waals surface area contributed by atoms with Crippen molar-refractivity contribution in [3.05, 3.63) is 54.1 Å². The second-order valence-electron chi connectivity index (χ2n) is 6.06. The summed E-state index contributed by atoms with van der Waals surface area (Å²) in [5.74, 6) is 0.0567. The largest absolute Gasteiger partial charge is 0.508 e. The predicted octanol–water partition coefficient (Wildman–Crippen LogP) is 2.31. The number of benzene rings is 2. The van der Waals surface area contributed by atoms with Gasteiger partial charge in [0.2, 0.25) is 5.91 Å². The SMILES string of the molecule is CC(=O)Nc1cccc(C(=O)N2CCN(c3ccc(O)cc3)CC2)c1. The van der Waals surface area contributed by atoms with E-state index in [1.165, 1.54) is 6.92 Å². The molecule has 1 heterocycles. The Hall–Kier alpha value is -3.02. The Kier molecular flexibility index (Phi) is 4.88. The molecule has 0 radical (unpaired) electrons. The molecule has 6 heteroatoms. The number of anilines is 2. The number of carbonyl (C=O) groups excluding carboxylic acids is 2. The van der Waals surface area contributed by atoms with Gasteiger partial charge in [-0.3, -0.25) is 9.59 Å². The number of aromatic hydroxyl groups is 1. The van der Waals surface area contributed by atoms with Crippen molar-refractivity contribution in [2.24, 2.45) is 0 Å². The van der Waals surface area contributed by atoms with E-state index in [1.54, 1.807) is 36.4 Å². The van der Waals surface area contributed by atoms with Gasteiger partial charge in [-0.15, -0.1) is 0 Å². The zero-order valence-electron chi connectivity index (χ0n) is 14.1. The Labute approximate surface area is 146 Å². The van der Waals surface area contributed by atoms with Crippen LogP contribution >= 0.6 is 0 Å². The number of rotatable bonds is 3. The number of piperazine rings is 1. The van der Waals surface area contributed by atoms with Crippen LogP contribution < -0.4 is 10.2 Å². The highest BCUT2D eigenvalue weighted by Crippen LogP contribution is 2.21. The summed E-state index contributed by atoms with van der Waals surface area (Å²) in [4.78, 5) is 27.9. The van der Waals surface area contributed by atoms with Crippen LogP contribution in [0.15, 0.2) is 48.5 Å². The van der Waals surface area contributed by atoms with Crippen LogP contribution in [0.3, 0.4) is 0 Å². The number of amides is 2. The molecule has 0 spiro atoms. The molecule has 0 unspecified atom stereocenters. The Bertz CT molecular complexity index is 766. The van der Waals surface area contributed by atoms with Gasteiger partial charge in [0.05, 0.1) is 0 Å². The molecule has 6 nitrogen and oxygen atoms in total. The summed E-state index contributed by atoms with van der Waals surface area (Å²) < 4.78 is 0. The minimum atomic E-state index is -0.160. The molecular formula is C19H21N3O3. The summed E-state index contributed by atoms with van der Waals surface area (Å²) in [6.07, 6.45) is 0. The lowest BCUT2D eigenvalue weighted by Crippen LogP contribution is -2.48. The van der Waals surface area contributed by atoms with Crippen LogP contribution in [0.4, 0.5) is 11.4 Å². The molecule has 2 amide bonds. The number of hydrogen-bond acceptors (Lipinski definition) is 4. The third-order valence-electron chi connectivity index (χ3n) is 4.21. The number of hydrogen-bond donors (Lipinski definition) is 2. The average Bonchev–Trinajstić information content (AvgIpc) is 2.62. The van der Waals surface area contributed by atoms with E-state index >= 15 is 0 Å². The van der Waals surface area contributed by atoms with Crippen molar-refractivity contribution in [3.63, 3.8) is 0 Å². The van der Waals surface area contributed by atoms with Crippen molar-refractivity contribution >= 4 is 23.2 Å². The van der Waals surface area contributed by atoms with Crippen LogP contribution in [0.5, 0.6) is 5.75 Å². The molecule has 0 saturated carbocycles. The second-order valence-corrected chi connectivity index (χ2v) is 6.06. The van der Waals surface area contributed by atoms with Gasteiger partial charge in [0.15, 0.2) is 0 Å². The molecule has 1 aliphatic rings. The highest BCUT2D eigenvalue weighted by Gasteiger charge is 2.22. The van der Waals surface area contributed by atoms with Crippen molar-refractivity contribution in [1.82, 2.24) is 4.90 Å². The van der Waals surface area contributed by atoms with E-state index in [2.05, 4.69) is 10.2 Å². The van der Waals surface area contributed by atoms with Crippen molar-refractivity contribution < 1.29 is 14.7 Å². The molecule has 0 aromatic heterocycles. The zero-order valence-corrected chi connectivity index (χ0v) is 14.1. The van der Waals surface area contributed by atoms with Crippen LogP contribution in [-0.2, 0) is 4.79 Å². The van der Waals surface area contributed by atoms with E-state index in [-0.39, 0.29) is 17.6 Å². The molecule has 1 saturated heterocycles. The van der Waals surface area contributed by atoms with Crippen molar-refractivity contribution in [1.29, 1.82) is 0 Å². The molecule has 0 aliphatic carbocycles. The minimum absolute atomic E-state index is 0.0300. The van der Waals surface area contributed by atoms with E-state index in [4.69, 9.17) is 0 Å². The molecule has 2 N–H and O–H groups in total.